The van der Waals surface area contributed by atoms with Gasteiger partial charge in [-0.1, -0.05) is 26.0 Å². The Morgan fingerprint density at radius 1 is 1.29 bits per heavy atom. The lowest BCUT2D eigenvalue weighted by atomic mass is 10.1. The maximum absolute atomic E-state index is 12.0. The van der Waals surface area contributed by atoms with E-state index < -0.39 is 11.9 Å². The van der Waals surface area contributed by atoms with Crippen LogP contribution in [-0.4, -0.2) is 35.0 Å². The minimum atomic E-state index is -0.884. The molecule has 0 bridgehead atoms. The van der Waals surface area contributed by atoms with Crippen molar-refractivity contribution in [1.29, 1.82) is 0 Å². The zero-order valence-electron chi connectivity index (χ0n) is 12.5. The molecule has 1 aromatic carbocycles. The van der Waals surface area contributed by atoms with Gasteiger partial charge in [-0.2, -0.15) is 0 Å². The summed E-state index contributed by atoms with van der Waals surface area (Å²) in [5.41, 5.74) is 1.88. The molecule has 0 radical (unpaired) electrons. The Morgan fingerprint density at radius 3 is 2.57 bits per heavy atom. The normalized spacial score (nSPS) is 20.3. The average molecular weight is 290 g/mol. The number of anilines is 1. The summed E-state index contributed by atoms with van der Waals surface area (Å²) in [6.45, 7) is 7.05. The maximum atomic E-state index is 12.0. The molecule has 1 saturated carbocycles. The van der Waals surface area contributed by atoms with Gasteiger partial charge in [0.05, 0.1) is 11.8 Å². The van der Waals surface area contributed by atoms with Crippen molar-refractivity contribution in [3.05, 3.63) is 29.8 Å². The van der Waals surface area contributed by atoms with E-state index in [1.807, 2.05) is 24.3 Å². The Kier molecular flexibility index (Phi) is 4.96. The van der Waals surface area contributed by atoms with Crippen LogP contribution in [0.4, 0.5) is 5.69 Å². The van der Waals surface area contributed by atoms with Crippen LogP contribution in [-0.2, 0) is 16.1 Å². The number of amides is 1. The van der Waals surface area contributed by atoms with Gasteiger partial charge in [0.1, 0.15) is 0 Å². The van der Waals surface area contributed by atoms with Crippen LogP contribution in [0.2, 0.25) is 0 Å². The number of carbonyl (C=O) groups excluding carboxylic acids is 1. The molecule has 2 N–H and O–H groups in total. The highest BCUT2D eigenvalue weighted by molar-refractivity contribution is 5.98. The van der Waals surface area contributed by atoms with Gasteiger partial charge < -0.3 is 10.4 Å². The first kappa shape index (κ1) is 15.5. The second-order valence-electron chi connectivity index (χ2n) is 5.44. The first-order valence-corrected chi connectivity index (χ1v) is 7.40. The minimum absolute atomic E-state index is 0.192. The summed E-state index contributed by atoms with van der Waals surface area (Å²) in [7, 11) is 0. The highest BCUT2D eigenvalue weighted by atomic mass is 16.4. The van der Waals surface area contributed by atoms with Crippen LogP contribution < -0.4 is 5.32 Å². The average Bonchev–Trinajstić information content (AvgIpc) is 3.26. The van der Waals surface area contributed by atoms with Crippen LogP contribution in [0.15, 0.2) is 24.3 Å². The van der Waals surface area contributed by atoms with Crippen LogP contribution in [0.3, 0.4) is 0 Å². The minimum Gasteiger partial charge on any atom is -0.481 e. The van der Waals surface area contributed by atoms with Crippen molar-refractivity contribution in [2.24, 2.45) is 11.8 Å². The van der Waals surface area contributed by atoms with Crippen LogP contribution in [0.1, 0.15) is 25.8 Å². The first-order chi connectivity index (χ1) is 10.0. The Bertz CT molecular complexity index is 526. The third-order valence-electron chi connectivity index (χ3n) is 3.94. The molecule has 2 atom stereocenters. The molecular formula is C16H22N2O3. The van der Waals surface area contributed by atoms with Crippen LogP contribution in [0.25, 0.3) is 0 Å². The van der Waals surface area contributed by atoms with Gasteiger partial charge in [-0.05, 0) is 37.2 Å². The number of hydrogen-bond acceptors (Lipinski definition) is 3. The largest absolute Gasteiger partial charge is 0.481 e. The number of nitrogens with one attached hydrogen (secondary N) is 1. The number of aliphatic carboxylic acids is 1. The number of hydrogen-bond donors (Lipinski definition) is 2. The molecule has 5 heteroatoms. The second kappa shape index (κ2) is 6.72. The smallest absolute Gasteiger partial charge is 0.307 e. The van der Waals surface area contributed by atoms with Gasteiger partial charge in [0.25, 0.3) is 0 Å². The molecule has 2 rings (SSSR count). The van der Waals surface area contributed by atoms with Gasteiger partial charge >= 0.3 is 5.97 Å². The van der Waals surface area contributed by atoms with Gasteiger partial charge in [-0.3, -0.25) is 14.5 Å². The molecule has 1 amide bonds. The number of nitrogens with zero attached hydrogens (tertiary/aromatic N) is 1. The van der Waals surface area contributed by atoms with E-state index in [4.69, 9.17) is 5.11 Å². The molecule has 2 unspecified atom stereocenters. The predicted octanol–water partition coefficient (Wildman–Crippen LogP) is 2.19. The van der Waals surface area contributed by atoms with Gasteiger partial charge in [0.15, 0.2) is 0 Å². The lowest BCUT2D eigenvalue weighted by molar-refractivity contribution is -0.139. The van der Waals surface area contributed by atoms with Crippen molar-refractivity contribution >= 4 is 17.6 Å². The fourth-order valence-corrected chi connectivity index (χ4v) is 2.45. The van der Waals surface area contributed by atoms with Gasteiger partial charge in [0.2, 0.25) is 5.91 Å². The molecule has 0 heterocycles. The Labute approximate surface area is 125 Å². The summed E-state index contributed by atoms with van der Waals surface area (Å²) in [6.07, 6.45) is 0.445. The molecule has 0 saturated heterocycles. The van der Waals surface area contributed by atoms with Crippen molar-refractivity contribution < 1.29 is 14.7 Å². The number of carboxylic acids is 1. The molecule has 1 fully saturated rings. The highest BCUT2D eigenvalue weighted by Gasteiger charge is 2.48. The maximum Gasteiger partial charge on any atom is 0.307 e. The third kappa shape index (κ3) is 4.04. The van der Waals surface area contributed by atoms with E-state index in [0.717, 1.165) is 30.9 Å². The van der Waals surface area contributed by atoms with Gasteiger partial charge in [-0.25, -0.2) is 0 Å². The summed E-state index contributed by atoms with van der Waals surface area (Å²) in [5.74, 6) is -1.97. The van der Waals surface area contributed by atoms with E-state index in [1.54, 1.807) is 0 Å². The predicted molar refractivity (Wildman–Crippen MR) is 80.9 cm³/mol. The van der Waals surface area contributed by atoms with E-state index in [-0.39, 0.29) is 11.8 Å². The Balaban J connectivity index is 1.95. The number of carboxylic acid groups (broad SMARTS) is 1. The van der Waals surface area contributed by atoms with Crippen LogP contribution in [0, 0.1) is 11.8 Å². The fourth-order valence-electron chi connectivity index (χ4n) is 2.45. The molecule has 0 aliphatic heterocycles. The summed E-state index contributed by atoms with van der Waals surface area (Å²) in [6, 6.07) is 7.73. The number of benzene rings is 1. The highest BCUT2D eigenvalue weighted by Crippen LogP contribution is 2.39. The SMILES string of the molecule is CCN(CC)Cc1cccc(NC(=O)C2CC2C(=O)O)c1. The number of rotatable bonds is 7. The second-order valence-corrected chi connectivity index (χ2v) is 5.44. The zero-order valence-corrected chi connectivity index (χ0v) is 12.5. The molecule has 1 aliphatic rings. The fraction of sp³-hybridized carbons (Fsp3) is 0.500. The monoisotopic (exact) mass is 290 g/mol. The molecule has 21 heavy (non-hydrogen) atoms. The molecular weight excluding hydrogens is 268 g/mol. The van der Waals surface area contributed by atoms with Crippen LogP contribution in [0.5, 0.6) is 0 Å². The lowest BCUT2D eigenvalue weighted by Crippen LogP contribution is -2.22. The van der Waals surface area contributed by atoms with E-state index >= 15 is 0 Å². The summed E-state index contributed by atoms with van der Waals surface area (Å²) in [4.78, 5) is 25.0. The van der Waals surface area contributed by atoms with Crippen molar-refractivity contribution in [2.45, 2.75) is 26.8 Å². The van der Waals surface area contributed by atoms with Crippen molar-refractivity contribution in [1.82, 2.24) is 4.90 Å². The lowest BCUT2D eigenvalue weighted by Gasteiger charge is -2.18. The van der Waals surface area contributed by atoms with E-state index in [2.05, 4.69) is 24.1 Å². The van der Waals surface area contributed by atoms with Crippen LogP contribution >= 0.6 is 0 Å². The summed E-state index contributed by atoms with van der Waals surface area (Å²) in [5, 5.41) is 11.7. The molecule has 1 aliphatic carbocycles. The summed E-state index contributed by atoms with van der Waals surface area (Å²) >= 11 is 0. The van der Waals surface area contributed by atoms with Gasteiger partial charge in [0, 0.05) is 12.2 Å². The number of carbonyl (C=O) groups is 2. The Hall–Kier alpha value is -1.88. The van der Waals surface area contributed by atoms with E-state index in [0.29, 0.717) is 6.42 Å². The quantitative estimate of drug-likeness (QED) is 0.807. The zero-order chi connectivity index (χ0) is 15.4. The summed E-state index contributed by atoms with van der Waals surface area (Å²) < 4.78 is 0. The van der Waals surface area contributed by atoms with Crippen molar-refractivity contribution in [3.63, 3.8) is 0 Å². The first-order valence-electron chi connectivity index (χ1n) is 7.40. The van der Waals surface area contributed by atoms with E-state index in [9.17, 15) is 9.59 Å². The standard InChI is InChI=1S/C16H22N2O3/c1-3-18(4-2)10-11-6-5-7-12(8-11)17-15(19)13-9-14(13)16(20)21/h5-8,13-14H,3-4,9-10H2,1-2H3,(H,17,19)(H,20,21). The van der Waals surface area contributed by atoms with Crippen molar-refractivity contribution in [3.8, 4) is 0 Å². The van der Waals surface area contributed by atoms with E-state index in [1.165, 1.54) is 0 Å². The molecule has 1 aromatic rings. The Morgan fingerprint density at radius 2 is 2.00 bits per heavy atom. The third-order valence-corrected chi connectivity index (χ3v) is 3.94. The van der Waals surface area contributed by atoms with Gasteiger partial charge in [-0.15, -0.1) is 0 Å². The molecule has 0 aromatic heterocycles. The molecule has 0 spiro atoms. The molecule has 5 nitrogen and oxygen atoms in total. The van der Waals surface area contributed by atoms with Crippen molar-refractivity contribution in [2.75, 3.05) is 18.4 Å². The molecule has 114 valence electrons. The topological polar surface area (TPSA) is 69.6 Å².